The van der Waals surface area contributed by atoms with Crippen LogP contribution in [-0.4, -0.2) is 28.7 Å². The standard InChI is InChI=1S/C18H15F3N4O2/c1-26-17-13(12-2-3-23-15(7-12)27-18(20)21)5-10(9-25-17)4-11-6-14(19)16(22)24-8-11/h2-3,5-9,18H,4H2,1H3,(H2,22,24). The first-order chi connectivity index (χ1) is 13.0. The Kier molecular flexibility index (Phi) is 5.39. The van der Waals surface area contributed by atoms with E-state index in [2.05, 4.69) is 19.7 Å². The van der Waals surface area contributed by atoms with Gasteiger partial charge in [0.15, 0.2) is 11.6 Å². The molecule has 0 unspecified atom stereocenters. The van der Waals surface area contributed by atoms with Gasteiger partial charge >= 0.3 is 6.61 Å². The number of methoxy groups -OCH3 is 1. The van der Waals surface area contributed by atoms with Crippen LogP contribution in [0.4, 0.5) is 19.0 Å². The van der Waals surface area contributed by atoms with Crippen molar-refractivity contribution in [1.29, 1.82) is 0 Å². The van der Waals surface area contributed by atoms with Crippen LogP contribution in [0.5, 0.6) is 11.8 Å². The highest BCUT2D eigenvalue weighted by molar-refractivity contribution is 5.69. The van der Waals surface area contributed by atoms with Gasteiger partial charge in [0.2, 0.25) is 11.8 Å². The molecule has 0 saturated carbocycles. The van der Waals surface area contributed by atoms with Crippen molar-refractivity contribution in [2.45, 2.75) is 13.0 Å². The van der Waals surface area contributed by atoms with Crippen LogP contribution in [0, 0.1) is 5.82 Å². The average Bonchev–Trinajstić information content (AvgIpc) is 2.64. The monoisotopic (exact) mass is 376 g/mol. The zero-order valence-corrected chi connectivity index (χ0v) is 14.2. The van der Waals surface area contributed by atoms with E-state index in [0.29, 0.717) is 29.0 Å². The van der Waals surface area contributed by atoms with Crippen LogP contribution < -0.4 is 15.2 Å². The molecule has 0 saturated heterocycles. The number of ether oxygens (including phenoxy) is 2. The molecule has 6 nitrogen and oxygen atoms in total. The summed E-state index contributed by atoms with van der Waals surface area (Å²) < 4.78 is 48.0. The first-order valence-corrected chi connectivity index (χ1v) is 7.80. The number of nitrogens with zero attached hydrogens (tertiary/aromatic N) is 3. The maximum Gasteiger partial charge on any atom is 0.388 e. The molecule has 3 rings (SSSR count). The SMILES string of the molecule is COc1ncc(Cc2cnc(N)c(F)c2)cc1-c1ccnc(OC(F)F)c1. The summed E-state index contributed by atoms with van der Waals surface area (Å²) in [6.07, 6.45) is 4.75. The number of hydrogen-bond acceptors (Lipinski definition) is 6. The Morgan fingerprint density at radius 1 is 1.07 bits per heavy atom. The molecular formula is C18H15F3N4O2. The number of pyridine rings is 3. The Morgan fingerprint density at radius 2 is 1.81 bits per heavy atom. The molecule has 140 valence electrons. The third-order valence-corrected chi connectivity index (χ3v) is 3.69. The fourth-order valence-corrected chi connectivity index (χ4v) is 2.51. The van der Waals surface area contributed by atoms with Crippen molar-refractivity contribution in [2.75, 3.05) is 12.8 Å². The molecule has 0 amide bonds. The van der Waals surface area contributed by atoms with Crippen molar-refractivity contribution >= 4 is 5.82 Å². The Balaban J connectivity index is 1.95. The topological polar surface area (TPSA) is 83.2 Å². The molecule has 3 aromatic heterocycles. The van der Waals surface area contributed by atoms with Crippen molar-refractivity contribution in [3.63, 3.8) is 0 Å². The van der Waals surface area contributed by atoms with Gasteiger partial charge in [-0.2, -0.15) is 8.78 Å². The van der Waals surface area contributed by atoms with Gasteiger partial charge in [-0.05, 0) is 34.9 Å². The number of rotatable bonds is 6. The van der Waals surface area contributed by atoms with Crippen molar-refractivity contribution in [3.8, 4) is 22.9 Å². The largest absolute Gasteiger partial charge is 0.481 e. The molecule has 3 aromatic rings. The number of aromatic nitrogens is 3. The van der Waals surface area contributed by atoms with Crippen molar-refractivity contribution in [3.05, 3.63) is 59.8 Å². The predicted molar refractivity (Wildman–Crippen MR) is 92.1 cm³/mol. The lowest BCUT2D eigenvalue weighted by molar-refractivity contribution is -0.0528. The number of nitrogens with two attached hydrogens (primary N) is 1. The van der Waals surface area contributed by atoms with Gasteiger partial charge in [0, 0.05) is 36.6 Å². The Hall–Kier alpha value is -3.36. The second kappa shape index (κ2) is 7.90. The first kappa shape index (κ1) is 18.4. The van der Waals surface area contributed by atoms with Gasteiger partial charge in [-0.3, -0.25) is 0 Å². The van der Waals surface area contributed by atoms with E-state index in [1.54, 1.807) is 18.3 Å². The van der Waals surface area contributed by atoms with Crippen molar-refractivity contribution < 1.29 is 22.6 Å². The lowest BCUT2D eigenvalue weighted by Crippen LogP contribution is -2.03. The van der Waals surface area contributed by atoms with Crippen LogP contribution in [0.3, 0.4) is 0 Å². The van der Waals surface area contributed by atoms with E-state index in [1.165, 1.54) is 31.6 Å². The third-order valence-electron chi connectivity index (χ3n) is 3.69. The third kappa shape index (κ3) is 4.43. The molecule has 2 N–H and O–H groups in total. The van der Waals surface area contributed by atoms with E-state index in [9.17, 15) is 13.2 Å². The molecule has 0 fully saturated rings. The first-order valence-electron chi connectivity index (χ1n) is 7.80. The molecule has 27 heavy (non-hydrogen) atoms. The molecule has 0 aliphatic heterocycles. The van der Waals surface area contributed by atoms with Crippen LogP contribution >= 0.6 is 0 Å². The molecule has 0 aliphatic carbocycles. The van der Waals surface area contributed by atoms with E-state index in [0.717, 1.165) is 5.56 Å². The fraction of sp³-hybridized carbons (Fsp3) is 0.167. The average molecular weight is 376 g/mol. The zero-order chi connectivity index (χ0) is 19.4. The lowest BCUT2D eigenvalue weighted by Gasteiger charge is -2.11. The summed E-state index contributed by atoms with van der Waals surface area (Å²) in [6.45, 7) is -2.98. The van der Waals surface area contributed by atoms with Crippen molar-refractivity contribution in [2.24, 2.45) is 0 Å². The highest BCUT2D eigenvalue weighted by atomic mass is 19.3. The maximum absolute atomic E-state index is 13.6. The van der Waals surface area contributed by atoms with E-state index in [1.807, 2.05) is 0 Å². The Labute approximate surface area is 152 Å². The number of alkyl halides is 2. The Morgan fingerprint density at radius 3 is 2.52 bits per heavy atom. The molecule has 0 aliphatic rings. The predicted octanol–water partition coefficient (Wildman–Crippen LogP) is 3.46. The zero-order valence-electron chi connectivity index (χ0n) is 14.2. The van der Waals surface area contributed by atoms with Crippen molar-refractivity contribution in [1.82, 2.24) is 15.0 Å². The summed E-state index contributed by atoms with van der Waals surface area (Å²) in [4.78, 5) is 11.8. The number of halogens is 3. The number of nitrogen functional groups attached to an aromatic ring is 1. The molecule has 0 radical (unpaired) electrons. The molecular weight excluding hydrogens is 361 g/mol. The maximum atomic E-state index is 13.6. The fourth-order valence-electron chi connectivity index (χ4n) is 2.51. The summed E-state index contributed by atoms with van der Waals surface area (Å²) in [6, 6.07) is 6.04. The van der Waals surface area contributed by atoms with Crippen LogP contribution in [-0.2, 0) is 6.42 Å². The second-order valence-electron chi connectivity index (χ2n) is 5.55. The highest BCUT2D eigenvalue weighted by Crippen LogP contribution is 2.31. The summed E-state index contributed by atoms with van der Waals surface area (Å²) in [5.41, 5.74) is 7.82. The van der Waals surface area contributed by atoms with Gasteiger partial charge in [-0.15, -0.1) is 0 Å². The van der Waals surface area contributed by atoms with Crippen LogP contribution in [0.25, 0.3) is 11.1 Å². The summed E-state index contributed by atoms with van der Waals surface area (Å²) in [7, 11) is 1.45. The normalized spacial score (nSPS) is 10.9. The minimum atomic E-state index is -2.98. The van der Waals surface area contributed by atoms with E-state index >= 15 is 0 Å². The summed E-state index contributed by atoms with van der Waals surface area (Å²) in [5.74, 6) is -0.693. The van der Waals surface area contributed by atoms with Crippen LogP contribution in [0.15, 0.2) is 42.9 Å². The van der Waals surface area contributed by atoms with E-state index in [-0.39, 0.29) is 11.7 Å². The molecule has 3 heterocycles. The summed E-state index contributed by atoms with van der Waals surface area (Å²) in [5, 5.41) is 0. The molecule has 0 spiro atoms. The smallest absolute Gasteiger partial charge is 0.388 e. The summed E-state index contributed by atoms with van der Waals surface area (Å²) >= 11 is 0. The molecule has 9 heteroatoms. The quantitative estimate of drug-likeness (QED) is 0.709. The minimum absolute atomic E-state index is 0.171. The van der Waals surface area contributed by atoms with Gasteiger partial charge in [0.25, 0.3) is 0 Å². The highest BCUT2D eigenvalue weighted by Gasteiger charge is 2.13. The van der Waals surface area contributed by atoms with Crippen LogP contribution in [0.1, 0.15) is 11.1 Å². The number of anilines is 1. The minimum Gasteiger partial charge on any atom is -0.481 e. The van der Waals surface area contributed by atoms with Crippen LogP contribution in [0.2, 0.25) is 0 Å². The van der Waals surface area contributed by atoms with Gasteiger partial charge in [0.1, 0.15) is 0 Å². The molecule has 0 aromatic carbocycles. The molecule has 0 atom stereocenters. The molecule has 0 bridgehead atoms. The lowest BCUT2D eigenvalue weighted by atomic mass is 10.0. The van der Waals surface area contributed by atoms with Gasteiger partial charge in [-0.25, -0.2) is 19.3 Å². The van der Waals surface area contributed by atoms with Gasteiger partial charge in [-0.1, -0.05) is 0 Å². The Bertz CT molecular complexity index is 954. The number of hydrogen-bond donors (Lipinski definition) is 1. The van der Waals surface area contributed by atoms with Gasteiger partial charge < -0.3 is 15.2 Å². The second-order valence-corrected chi connectivity index (χ2v) is 5.55. The van der Waals surface area contributed by atoms with E-state index in [4.69, 9.17) is 10.5 Å². The van der Waals surface area contributed by atoms with Gasteiger partial charge in [0.05, 0.1) is 7.11 Å². The van der Waals surface area contributed by atoms with E-state index < -0.39 is 12.4 Å².